The van der Waals surface area contributed by atoms with E-state index in [-0.39, 0.29) is 0 Å². The van der Waals surface area contributed by atoms with E-state index >= 15 is 0 Å². The number of hydrogen-bond donors (Lipinski definition) is 2. The summed E-state index contributed by atoms with van der Waals surface area (Å²) in [5.41, 5.74) is 1.11. The van der Waals surface area contributed by atoms with Crippen LogP contribution >= 0.6 is 23.5 Å². The maximum absolute atomic E-state index is 12.0. The summed E-state index contributed by atoms with van der Waals surface area (Å²) >= 11 is 7.02. The number of anilines is 1. The van der Waals surface area contributed by atoms with Crippen LogP contribution in [0.4, 0.5) is 10.5 Å². The molecule has 0 saturated carbocycles. The summed E-state index contributed by atoms with van der Waals surface area (Å²) in [6.45, 7) is 0. The minimum Gasteiger partial charge on any atom is -0.496 e. The number of hydrogen-bond acceptors (Lipinski definition) is 5. The number of benzene rings is 2. The Morgan fingerprint density at radius 1 is 1.26 bits per heavy atom. The number of fused-ring (bicyclic) bond motifs is 1. The van der Waals surface area contributed by atoms with Crippen LogP contribution in [0.1, 0.15) is 0 Å². The zero-order valence-electron chi connectivity index (χ0n) is 12.0. The molecule has 3 rings (SSSR count). The van der Waals surface area contributed by atoms with Gasteiger partial charge in [-0.05, 0) is 24.3 Å². The molecule has 2 amide bonds. The zero-order valence-corrected chi connectivity index (χ0v) is 13.6. The molecule has 0 aliphatic carbocycles. The van der Waals surface area contributed by atoms with Crippen molar-refractivity contribution in [1.82, 2.24) is 9.88 Å². The van der Waals surface area contributed by atoms with Gasteiger partial charge in [0.15, 0.2) is 10.6 Å². The van der Waals surface area contributed by atoms with Crippen LogP contribution in [0, 0.1) is 0 Å². The number of ether oxygens (including phenoxy) is 1. The van der Waals surface area contributed by atoms with Crippen molar-refractivity contribution >= 4 is 46.2 Å². The molecular formula is C15H12ClN3O3S. The molecule has 0 radical (unpaired) electrons. The van der Waals surface area contributed by atoms with Crippen LogP contribution in [0.2, 0.25) is 5.02 Å². The largest absolute Gasteiger partial charge is 0.496 e. The minimum atomic E-state index is -0.422. The number of carbonyl (C=O) groups is 1. The Morgan fingerprint density at radius 2 is 2.09 bits per heavy atom. The predicted molar refractivity (Wildman–Crippen MR) is 90.0 cm³/mol. The van der Waals surface area contributed by atoms with Gasteiger partial charge in [0.05, 0.1) is 23.2 Å². The fourth-order valence-electron chi connectivity index (χ4n) is 1.98. The Hall–Kier alpha value is -2.38. The lowest BCUT2D eigenvalue weighted by Crippen LogP contribution is -2.22. The first kappa shape index (κ1) is 15.5. The number of nitrogens with zero attached hydrogens (tertiary/aromatic N) is 1. The zero-order chi connectivity index (χ0) is 16.2. The predicted octanol–water partition coefficient (Wildman–Crippen LogP) is 4.32. The van der Waals surface area contributed by atoms with Gasteiger partial charge >= 0.3 is 6.03 Å². The molecule has 118 valence electrons. The molecule has 0 saturated heterocycles. The molecule has 0 fully saturated rings. The van der Waals surface area contributed by atoms with Gasteiger partial charge in [-0.2, -0.15) is 0 Å². The van der Waals surface area contributed by atoms with Gasteiger partial charge in [0.1, 0.15) is 5.75 Å². The van der Waals surface area contributed by atoms with Gasteiger partial charge in [0.2, 0.25) is 0 Å². The smallest absolute Gasteiger partial charge is 0.329 e. The number of urea groups is 1. The number of aromatic nitrogens is 1. The van der Waals surface area contributed by atoms with Crippen LogP contribution in [-0.2, 0) is 0 Å². The highest BCUT2D eigenvalue weighted by atomic mass is 35.5. The van der Waals surface area contributed by atoms with Gasteiger partial charge in [-0.3, -0.25) is 4.72 Å². The first-order chi connectivity index (χ1) is 11.2. The number of halogens is 1. The Kier molecular flexibility index (Phi) is 4.59. The van der Waals surface area contributed by atoms with Crippen molar-refractivity contribution in [3.05, 3.63) is 47.5 Å². The van der Waals surface area contributed by atoms with E-state index in [2.05, 4.69) is 15.2 Å². The van der Waals surface area contributed by atoms with Crippen LogP contribution in [0.25, 0.3) is 11.0 Å². The maximum Gasteiger partial charge on any atom is 0.329 e. The summed E-state index contributed by atoms with van der Waals surface area (Å²) in [5, 5.41) is 8.27. The first-order valence-electron chi connectivity index (χ1n) is 6.60. The second kappa shape index (κ2) is 6.80. The SMILES string of the molecule is COc1cccc2onc(SNC(=O)Nc3ccccc3Cl)c12. The molecule has 1 aromatic heterocycles. The summed E-state index contributed by atoms with van der Waals surface area (Å²) in [6, 6.07) is 11.9. The molecule has 6 nitrogen and oxygen atoms in total. The highest BCUT2D eigenvalue weighted by molar-refractivity contribution is 7.98. The van der Waals surface area contributed by atoms with Crippen molar-refractivity contribution in [2.75, 3.05) is 12.4 Å². The van der Waals surface area contributed by atoms with Gasteiger partial charge in [0, 0.05) is 11.9 Å². The van der Waals surface area contributed by atoms with Gasteiger partial charge in [0.25, 0.3) is 0 Å². The Bertz CT molecular complexity index is 853. The highest BCUT2D eigenvalue weighted by Gasteiger charge is 2.15. The number of amides is 2. The monoisotopic (exact) mass is 349 g/mol. The fraction of sp³-hybridized carbons (Fsp3) is 0.0667. The highest BCUT2D eigenvalue weighted by Crippen LogP contribution is 2.33. The lowest BCUT2D eigenvalue weighted by Gasteiger charge is -2.07. The maximum atomic E-state index is 12.0. The van der Waals surface area contributed by atoms with E-state index in [0.29, 0.717) is 32.5 Å². The molecule has 0 aliphatic heterocycles. The van der Waals surface area contributed by atoms with Crippen LogP contribution in [0.15, 0.2) is 52.0 Å². The van der Waals surface area contributed by atoms with E-state index < -0.39 is 6.03 Å². The molecule has 1 heterocycles. The summed E-state index contributed by atoms with van der Waals surface area (Å²) in [7, 11) is 1.56. The Balaban J connectivity index is 1.71. The van der Waals surface area contributed by atoms with E-state index in [1.165, 1.54) is 0 Å². The first-order valence-corrected chi connectivity index (χ1v) is 7.79. The molecule has 2 N–H and O–H groups in total. The van der Waals surface area contributed by atoms with E-state index in [0.717, 1.165) is 11.9 Å². The van der Waals surface area contributed by atoms with Crippen LogP contribution in [-0.4, -0.2) is 18.3 Å². The van der Waals surface area contributed by atoms with Gasteiger partial charge in [-0.1, -0.05) is 35.0 Å². The molecule has 3 aromatic rings. The van der Waals surface area contributed by atoms with Crippen LogP contribution < -0.4 is 14.8 Å². The third kappa shape index (κ3) is 3.35. The van der Waals surface area contributed by atoms with Gasteiger partial charge in [-0.25, -0.2) is 4.79 Å². The van der Waals surface area contributed by atoms with Crippen LogP contribution in [0.5, 0.6) is 5.75 Å². The van der Waals surface area contributed by atoms with Crippen LogP contribution in [0.3, 0.4) is 0 Å². The van der Waals surface area contributed by atoms with E-state index in [1.54, 1.807) is 49.6 Å². The van der Waals surface area contributed by atoms with Crippen molar-refractivity contribution in [2.24, 2.45) is 0 Å². The van der Waals surface area contributed by atoms with E-state index in [4.69, 9.17) is 20.9 Å². The Labute approximate surface area is 141 Å². The van der Waals surface area contributed by atoms with Crippen molar-refractivity contribution in [2.45, 2.75) is 5.03 Å². The second-order valence-corrected chi connectivity index (χ2v) is 5.66. The molecule has 0 atom stereocenters. The summed E-state index contributed by atoms with van der Waals surface area (Å²) in [6.07, 6.45) is 0. The lowest BCUT2D eigenvalue weighted by molar-refractivity contribution is 0.257. The van der Waals surface area contributed by atoms with Gasteiger partial charge in [-0.15, -0.1) is 0 Å². The standard InChI is InChI=1S/C15H12ClN3O3S/c1-21-11-7-4-8-12-13(11)14(18-22-12)23-19-15(20)17-10-6-3-2-5-9(10)16/h2-8H,1H3,(H2,17,19,20). The molecule has 23 heavy (non-hydrogen) atoms. The van der Waals surface area contributed by atoms with E-state index in [9.17, 15) is 4.79 Å². The fourth-order valence-corrected chi connectivity index (χ4v) is 2.78. The van der Waals surface area contributed by atoms with Crippen molar-refractivity contribution in [1.29, 1.82) is 0 Å². The molecule has 0 bridgehead atoms. The average molecular weight is 350 g/mol. The third-order valence-electron chi connectivity index (χ3n) is 3.01. The normalized spacial score (nSPS) is 10.5. The topological polar surface area (TPSA) is 76.4 Å². The average Bonchev–Trinajstić information content (AvgIpc) is 2.98. The van der Waals surface area contributed by atoms with Crippen molar-refractivity contribution in [3.63, 3.8) is 0 Å². The number of nitrogens with one attached hydrogen (secondary N) is 2. The molecule has 0 aliphatic rings. The van der Waals surface area contributed by atoms with Crippen molar-refractivity contribution in [3.8, 4) is 5.75 Å². The van der Waals surface area contributed by atoms with Gasteiger partial charge < -0.3 is 14.6 Å². The summed E-state index contributed by atoms with van der Waals surface area (Å²) in [5.74, 6) is 0.625. The second-order valence-electron chi connectivity index (χ2n) is 4.46. The molecular weight excluding hydrogens is 338 g/mol. The molecule has 8 heteroatoms. The molecule has 0 unspecified atom stereocenters. The Morgan fingerprint density at radius 3 is 2.87 bits per heavy atom. The summed E-state index contributed by atoms with van der Waals surface area (Å²) < 4.78 is 13.1. The number of para-hydroxylation sites is 1. The molecule has 2 aromatic carbocycles. The number of methoxy groups -OCH3 is 1. The van der Waals surface area contributed by atoms with Crippen molar-refractivity contribution < 1.29 is 14.1 Å². The molecule has 0 spiro atoms. The lowest BCUT2D eigenvalue weighted by atomic mass is 10.2. The number of carbonyl (C=O) groups excluding carboxylic acids is 1. The quantitative estimate of drug-likeness (QED) is 0.686. The summed E-state index contributed by atoms with van der Waals surface area (Å²) in [4.78, 5) is 12.0. The van der Waals surface area contributed by atoms with E-state index in [1.807, 2.05) is 0 Å². The number of rotatable bonds is 4. The third-order valence-corrected chi connectivity index (χ3v) is 4.10. The minimum absolute atomic E-state index is 0.422.